The fraction of sp³-hybridized carbons (Fsp3) is 0.558. The van der Waals surface area contributed by atoms with Crippen LogP contribution in [-0.2, 0) is 47.2 Å². The number of nitrogens with zero attached hydrogens (tertiary/aromatic N) is 4. The van der Waals surface area contributed by atoms with Gasteiger partial charge in [0, 0.05) is 52.4 Å². The lowest BCUT2D eigenvalue weighted by Crippen LogP contribution is -2.53. The quantitative estimate of drug-likeness (QED) is 0.0519. The van der Waals surface area contributed by atoms with E-state index in [0.717, 1.165) is 33.4 Å². The number of hydrogen-bond donors (Lipinski definition) is 10. The second-order valence-corrected chi connectivity index (χ2v) is 20.2. The lowest BCUT2D eigenvalue weighted by Gasteiger charge is -2.36. The number of carbonyl (C=O) groups is 7. The van der Waals surface area contributed by atoms with E-state index in [1.807, 2.05) is 33.8 Å². The maximum Gasteiger partial charge on any atom is 0.527 e. The van der Waals surface area contributed by atoms with Gasteiger partial charge in [0.2, 0.25) is 11.8 Å². The van der Waals surface area contributed by atoms with E-state index in [0.29, 0.717) is 5.56 Å². The van der Waals surface area contributed by atoms with E-state index in [9.17, 15) is 72.7 Å². The Balaban J connectivity index is 1.87. The van der Waals surface area contributed by atoms with Crippen molar-refractivity contribution in [2.45, 2.75) is 78.4 Å². The van der Waals surface area contributed by atoms with Gasteiger partial charge in [-0.1, -0.05) is 17.7 Å². The van der Waals surface area contributed by atoms with Crippen molar-refractivity contribution in [1.29, 1.82) is 0 Å². The van der Waals surface area contributed by atoms with E-state index in [-0.39, 0.29) is 70.9 Å². The van der Waals surface area contributed by atoms with Crippen LogP contribution in [0.4, 0.5) is 0 Å². The predicted octanol–water partition coefficient (Wildman–Crippen LogP) is 1.07. The summed E-state index contributed by atoms with van der Waals surface area (Å²) < 4.78 is 36.2. The highest BCUT2D eigenvalue weighted by Gasteiger charge is 2.32. The molecule has 2 amide bonds. The van der Waals surface area contributed by atoms with Gasteiger partial charge in [0.05, 0.1) is 32.5 Å². The van der Waals surface area contributed by atoms with Gasteiger partial charge in [-0.15, -0.1) is 0 Å². The summed E-state index contributed by atoms with van der Waals surface area (Å²) in [6.45, 7) is 6.87. The molecule has 0 radical (unpaired) electrons. The van der Waals surface area contributed by atoms with Crippen LogP contribution in [0.25, 0.3) is 11.1 Å². The van der Waals surface area contributed by atoms with Gasteiger partial charge in [0.1, 0.15) is 30.2 Å². The van der Waals surface area contributed by atoms with Crippen molar-refractivity contribution >= 4 is 57.1 Å². The average Bonchev–Trinajstić information content (AvgIpc) is 3.20. The number of benzene rings is 2. The zero-order valence-electron chi connectivity index (χ0n) is 39.6. The van der Waals surface area contributed by atoms with Crippen molar-refractivity contribution in [3.63, 3.8) is 0 Å². The highest BCUT2D eigenvalue weighted by Crippen LogP contribution is 2.46. The minimum absolute atomic E-state index is 0.0966. The van der Waals surface area contributed by atoms with Crippen LogP contribution < -0.4 is 15.2 Å². The Labute approximate surface area is 404 Å². The van der Waals surface area contributed by atoms with Gasteiger partial charge < -0.3 is 50.5 Å². The number of rotatable bonds is 24. The number of carboxylic acids is 5. The van der Waals surface area contributed by atoms with E-state index < -0.39 is 114 Å². The molecule has 0 bridgehead atoms. The van der Waals surface area contributed by atoms with Crippen molar-refractivity contribution in [2.24, 2.45) is 0 Å². The Morgan fingerprint density at radius 2 is 1.07 bits per heavy atom. The number of hydrogen-bond acceptors (Lipinski definition) is 15. The monoisotopic (exact) mass is 1030 g/mol. The van der Waals surface area contributed by atoms with Crippen molar-refractivity contribution in [1.82, 2.24) is 30.2 Å². The van der Waals surface area contributed by atoms with E-state index in [4.69, 9.17) is 19.3 Å². The molecule has 1 aliphatic heterocycles. The molecule has 0 aliphatic carbocycles. The molecule has 1 heterocycles. The van der Waals surface area contributed by atoms with Crippen LogP contribution in [0.5, 0.6) is 5.75 Å². The first kappa shape index (κ1) is 59.0. The topological polar surface area (TPSA) is 371 Å². The summed E-state index contributed by atoms with van der Waals surface area (Å²) >= 11 is 0. The van der Waals surface area contributed by atoms with Gasteiger partial charge in [0.25, 0.3) is 0 Å². The number of carbonyl (C=O) groups excluding carboxylic acids is 2. The lowest BCUT2D eigenvalue weighted by molar-refractivity contribution is -0.147. The van der Waals surface area contributed by atoms with E-state index in [2.05, 4.69) is 22.8 Å². The molecule has 2 aromatic rings. The minimum atomic E-state index is -4.77. The number of carboxylic acid groups (broad SMARTS) is 5. The van der Waals surface area contributed by atoms with Gasteiger partial charge >= 0.3 is 45.3 Å². The maximum absolute atomic E-state index is 13.2. The average molecular weight is 1030 g/mol. The summed E-state index contributed by atoms with van der Waals surface area (Å²) in [4.78, 5) is 121. The number of phosphoric acid groups is 1. The molecule has 70 heavy (non-hydrogen) atoms. The summed E-state index contributed by atoms with van der Waals surface area (Å²) in [5.74, 6) is -9.35. The molecule has 390 valence electrons. The molecule has 3 rings (SSSR count). The number of phosphoric ester groups is 1. The summed E-state index contributed by atoms with van der Waals surface area (Å²) in [5.41, 5.74) is 6.48. The largest absolute Gasteiger partial charge is 0.527 e. The van der Waals surface area contributed by atoms with Gasteiger partial charge in [-0.2, -0.15) is 0 Å². The first-order chi connectivity index (χ1) is 32.5. The first-order valence-electron chi connectivity index (χ1n) is 22.1. The molecule has 2 aromatic carbocycles. The highest BCUT2D eigenvalue weighted by molar-refractivity contribution is 7.51. The van der Waals surface area contributed by atoms with Gasteiger partial charge in [-0.25, -0.2) is 14.2 Å². The molecule has 10 N–H and O–H groups in total. The lowest BCUT2D eigenvalue weighted by atomic mass is 9.90. The second-order valence-electron chi connectivity index (χ2n) is 17.2. The summed E-state index contributed by atoms with van der Waals surface area (Å²) in [6, 6.07) is 2.64. The molecule has 4 atom stereocenters. The van der Waals surface area contributed by atoms with Gasteiger partial charge in [-0.05, 0) is 93.0 Å². The zero-order valence-corrected chi connectivity index (χ0v) is 41.4. The van der Waals surface area contributed by atoms with Crippen LogP contribution in [-0.4, -0.2) is 198 Å². The highest BCUT2D eigenvalue weighted by atomic mass is 31.2. The Hall–Kier alpha value is -5.33. The normalized spacial score (nSPS) is 17.1. The molecule has 0 spiro atoms. The molecule has 27 heteroatoms. The van der Waals surface area contributed by atoms with Crippen LogP contribution >= 0.6 is 15.4 Å². The van der Waals surface area contributed by atoms with Gasteiger partial charge in [0.15, 0.2) is 0 Å². The maximum atomic E-state index is 13.2. The molecule has 1 aliphatic rings. The fourth-order valence-electron chi connectivity index (χ4n) is 8.05. The Bertz CT molecular complexity index is 2240. The standard InChI is InChI=1S/C43H64N6O19P2/c1-26-17-29(4)40(30(5)18-26)31-19-28(3)35(20-27(31)2)68-70(65,66)67-16-6-7-34(43(60)61)49-14-12-46(23-36(50)44-32(41(56)57)21-38(52)53)8-10-48(25-69(62,63)64)11-9-47(13-15-49)24-37(51)45-33(42(58)59)22-39(54)55/h17-20,32-34H,6-16,21-25H2,1-5H3,(H,44,50)(H,45,51)(H,52,53)(H,54,55)(H,56,57)(H,58,59)(H,60,61)(H,65,66)(H2,62,63,64)/t32-,33?,34-/m1/s1. The molecule has 1 saturated heterocycles. The molecule has 2 unspecified atom stereocenters. The Morgan fingerprint density at radius 1 is 0.614 bits per heavy atom. The smallest absolute Gasteiger partial charge is 0.481 e. The number of nitrogens with one attached hydrogen (secondary N) is 2. The van der Waals surface area contributed by atoms with Crippen LogP contribution in [0.15, 0.2) is 24.3 Å². The van der Waals surface area contributed by atoms with Crippen molar-refractivity contribution in [2.75, 3.05) is 78.3 Å². The van der Waals surface area contributed by atoms with Crippen LogP contribution in [0, 0.1) is 34.6 Å². The third-order valence-electron chi connectivity index (χ3n) is 11.3. The third-order valence-corrected chi connectivity index (χ3v) is 13.0. The summed E-state index contributed by atoms with van der Waals surface area (Å²) in [6.07, 6.45) is -2.98. The van der Waals surface area contributed by atoms with Crippen LogP contribution in [0.3, 0.4) is 0 Å². The van der Waals surface area contributed by atoms with E-state index in [1.165, 1.54) is 19.6 Å². The molecule has 1 fully saturated rings. The van der Waals surface area contributed by atoms with Crippen molar-refractivity contribution in [3.8, 4) is 16.9 Å². The first-order valence-corrected chi connectivity index (χ1v) is 25.4. The molecule has 0 aromatic heterocycles. The fourth-order valence-corrected chi connectivity index (χ4v) is 9.71. The third kappa shape index (κ3) is 20.2. The molecular weight excluding hydrogens is 966 g/mol. The zero-order chi connectivity index (χ0) is 52.7. The molecule has 0 saturated carbocycles. The second kappa shape index (κ2) is 26.8. The predicted molar refractivity (Wildman–Crippen MR) is 249 cm³/mol. The number of aliphatic carboxylic acids is 5. The number of aryl methyl sites for hydroxylation is 5. The van der Waals surface area contributed by atoms with E-state index >= 15 is 0 Å². The number of amides is 2. The van der Waals surface area contributed by atoms with Crippen molar-refractivity contribution in [3.05, 3.63) is 52.1 Å². The van der Waals surface area contributed by atoms with Gasteiger partial charge in [-0.3, -0.25) is 57.6 Å². The van der Waals surface area contributed by atoms with Crippen LogP contribution in [0.2, 0.25) is 0 Å². The van der Waals surface area contributed by atoms with Crippen molar-refractivity contribution < 1.29 is 92.0 Å². The molecule has 25 nitrogen and oxygen atoms in total. The minimum Gasteiger partial charge on any atom is -0.481 e. The SMILES string of the molecule is Cc1cc(C)c(-c2cc(C)c(OP(=O)(O)OCCC[C@H](C(=O)O)N3CCN(CC(=O)NC(CC(=O)O)C(=O)O)CCN(CP(=O)(O)O)CCN(CC(=O)N[C@H](CC(=O)O)C(=O)O)CC3)cc2C)c(C)c1. The summed E-state index contributed by atoms with van der Waals surface area (Å²) in [5, 5.41) is 52.1. The summed E-state index contributed by atoms with van der Waals surface area (Å²) in [7, 11) is -9.50. The van der Waals surface area contributed by atoms with Crippen LogP contribution in [0.1, 0.15) is 53.5 Å². The van der Waals surface area contributed by atoms with E-state index in [1.54, 1.807) is 13.0 Å². The molecular formula is C43H64N6O19P2. The Kier molecular flexibility index (Phi) is 22.5. The Morgan fingerprint density at radius 3 is 1.50 bits per heavy atom.